The van der Waals surface area contributed by atoms with Gasteiger partial charge < -0.3 is 5.11 Å². The standard InChI is InChI=1S/C11H22N2O4S/c1-9(2)8-12-18(16,17)13-11(7-10(14)15)5-3-4-6-11/h9,12-13H,3-8H2,1-2H3,(H,14,15). The molecule has 0 spiro atoms. The highest BCUT2D eigenvalue weighted by Gasteiger charge is 2.39. The second-order valence-corrected chi connectivity index (χ2v) is 6.91. The molecule has 0 atom stereocenters. The van der Waals surface area contributed by atoms with Gasteiger partial charge in [0.05, 0.1) is 6.42 Å². The second-order valence-electron chi connectivity index (χ2n) is 5.41. The molecule has 0 amide bonds. The van der Waals surface area contributed by atoms with E-state index in [1.807, 2.05) is 13.8 Å². The smallest absolute Gasteiger partial charge is 0.305 e. The van der Waals surface area contributed by atoms with E-state index in [1.165, 1.54) is 0 Å². The van der Waals surface area contributed by atoms with Crippen molar-refractivity contribution < 1.29 is 18.3 Å². The highest BCUT2D eigenvalue weighted by molar-refractivity contribution is 7.87. The molecule has 0 bridgehead atoms. The van der Waals surface area contributed by atoms with Crippen molar-refractivity contribution in [2.45, 2.75) is 51.5 Å². The van der Waals surface area contributed by atoms with Gasteiger partial charge in [-0.2, -0.15) is 13.1 Å². The van der Waals surface area contributed by atoms with E-state index in [1.54, 1.807) is 0 Å². The number of rotatable bonds is 7. The molecule has 0 heterocycles. The molecule has 0 unspecified atom stereocenters. The normalized spacial score (nSPS) is 19.3. The van der Waals surface area contributed by atoms with Crippen LogP contribution in [0.15, 0.2) is 0 Å². The molecule has 0 aromatic rings. The van der Waals surface area contributed by atoms with Crippen molar-refractivity contribution in [3.05, 3.63) is 0 Å². The third kappa shape index (κ3) is 4.91. The molecule has 0 radical (unpaired) electrons. The molecule has 1 aliphatic rings. The monoisotopic (exact) mass is 278 g/mol. The average molecular weight is 278 g/mol. The van der Waals surface area contributed by atoms with Gasteiger partial charge >= 0.3 is 5.97 Å². The zero-order chi connectivity index (χ0) is 13.8. The first-order valence-electron chi connectivity index (χ1n) is 6.25. The molecule has 1 saturated carbocycles. The Morgan fingerprint density at radius 1 is 1.33 bits per heavy atom. The van der Waals surface area contributed by atoms with Gasteiger partial charge in [-0.3, -0.25) is 4.79 Å². The Kier molecular flexibility index (Phi) is 5.12. The van der Waals surface area contributed by atoms with E-state index in [0.29, 0.717) is 19.4 Å². The van der Waals surface area contributed by atoms with E-state index in [2.05, 4.69) is 9.44 Å². The minimum Gasteiger partial charge on any atom is -0.481 e. The van der Waals surface area contributed by atoms with Crippen molar-refractivity contribution in [3.63, 3.8) is 0 Å². The average Bonchev–Trinajstić information content (AvgIpc) is 2.61. The fourth-order valence-electron chi connectivity index (χ4n) is 2.25. The number of aliphatic carboxylic acids is 1. The fourth-order valence-corrected chi connectivity index (χ4v) is 3.72. The van der Waals surface area contributed by atoms with Gasteiger partial charge in [0.15, 0.2) is 0 Å². The third-order valence-corrected chi connectivity index (χ3v) is 4.33. The predicted molar refractivity (Wildman–Crippen MR) is 68.3 cm³/mol. The summed E-state index contributed by atoms with van der Waals surface area (Å²) in [6, 6.07) is 0. The van der Waals surface area contributed by atoms with Crippen LogP contribution in [-0.2, 0) is 15.0 Å². The maximum Gasteiger partial charge on any atom is 0.305 e. The van der Waals surface area contributed by atoms with Gasteiger partial charge in [0.25, 0.3) is 10.2 Å². The maximum atomic E-state index is 11.9. The van der Waals surface area contributed by atoms with Crippen LogP contribution in [0, 0.1) is 5.92 Å². The van der Waals surface area contributed by atoms with Crippen LogP contribution < -0.4 is 9.44 Å². The minimum atomic E-state index is -3.63. The number of hydrogen-bond donors (Lipinski definition) is 3. The number of carbonyl (C=O) groups is 1. The molecule has 1 fully saturated rings. The molecule has 6 nitrogen and oxygen atoms in total. The van der Waals surface area contributed by atoms with Crippen LogP contribution in [0.2, 0.25) is 0 Å². The summed E-state index contributed by atoms with van der Waals surface area (Å²) in [7, 11) is -3.63. The van der Waals surface area contributed by atoms with Crippen molar-refractivity contribution in [1.82, 2.24) is 9.44 Å². The lowest BCUT2D eigenvalue weighted by molar-refractivity contribution is -0.138. The summed E-state index contributed by atoms with van der Waals surface area (Å²) in [5.74, 6) is -0.760. The Bertz CT molecular complexity index is 386. The quantitative estimate of drug-likeness (QED) is 0.643. The van der Waals surface area contributed by atoms with Crippen LogP contribution in [0.4, 0.5) is 0 Å². The lowest BCUT2D eigenvalue weighted by Gasteiger charge is -2.28. The highest BCUT2D eigenvalue weighted by Crippen LogP contribution is 2.33. The van der Waals surface area contributed by atoms with Gasteiger partial charge in [-0.1, -0.05) is 26.7 Å². The van der Waals surface area contributed by atoms with Gasteiger partial charge in [-0.15, -0.1) is 0 Å². The fraction of sp³-hybridized carbons (Fsp3) is 0.909. The second kappa shape index (κ2) is 5.99. The number of carboxylic acids is 1. The molecule has 18 heavy (non-hydrogen) atoms. The molecule has 7 heteroatoms. The molecule has 1 aliphatic carbocycles. The van der Waals surface area contributed by atoms with Crippen molar-refractivity contribution in [1.29, 1.82) is 0 Å². The van der Waals surface area contributed by atoms with Crippen LogP contribution in [0.5, 0.6) is 0 Å². The summed E-state index contributed by atoms with van der Waals surface area (Å²) in [6.45, 7) is 4.16. The van der Waals surface area contributed by atoms with Crippen molar-refractivity contribution >= 4 is 16.2 Å². The van der Waals surface area contributed by atoms with Crippen LogP contribution in [-0.4, -0.2) is 31.6 Å². The number of hydrogen-bond acceptors (Lipinski definition) is 3. The molecule has 0 saturated heterocycles. The summed E-state index contributed by atoms with van der Waals surface area (Å²) in [5.41, 5.74) is -0.811. The molecule has 0 aromatic heterocycles. The first-order valence-corrected chi connectivity index (χ1v) is 7.73. The molecule has 106 valence electrons. The molecule has 0 aliphatic heterocycles. The molecular formula is C11H22N2O4S. The van der Waals surface area contributed by atoms with E-state index in [0.717, 1.165) is 12.8 Å². The third-order valence-electron chi connectivity index (χ3n) is 3.08. The summed E-state index contributed by atoms with van der Waals surface area (Å²) in [5, 5.41) is 8.90. The Morgan fingerprint density at radius 3 is 2.33 bits per heavy atom. The first-order chi connectivity index (χ1) is 8.25. The largest absolute Gasteiger partial charge is 0.481 e. The van der Waals surface area contributed by atoms with Gasteiger partial charge in [0.1, 0.15) is 0 Å². The number of nitrogens with one attached hydrogen (secondary N) is 2. The van der Waals surface area contributed by atoms with Gasteiger partial charge in [0.2, 0.25) is 0 Å². The van der Waals surface area contributed by atoms with Gasteiger partial charge in [0, 0.05) is 12.1 Å². The SMILES string of the molecule is CC(C)CNS(=O)(=O)NC1(CC(=O)O)CCCC1. The van der Waals surface area contributed by atoms with Crippen molar-refractivity contribution in [2.75, 3.05) is 6.54 Å². The summed E-state index contributed by atoms with van der Waals surface area (Å²) >= 11 is 0. The lowest BCUT2D eigenvalue weighted by Crippen LogP contribution is -2.52. The number of carboxylic acid groups (broad SMARTS) is 1. The van der Waals surface area contributed by atoms with E-state index < -0.39 is 21.7 Å². The summed E-state index contributed by atoms with van der Waals surface area (Å²) in [6.07, 6.45) is 2.74. The Labute approximate surface area is 108 Å². The van der Waals surface area contributed by atoms with Gasteiger partial charge in [-0.05, 0) is 18.8 Å². The van der Waals surface area contributed by atoms with Crippen LogP contribution in [0.3, 0.4) is 0 Å². The molecule has 1 rings (SSSR count). The first kappa shape index (κ1) is 15.4. The van der Waals surface area contributed by atoms with Crippen LogP contribution in [0.1, 0.15) is 46.0 Å². The van der Waals surface area contributed by atoms with Crippen LogP contribution >= 0.6 is 0 Å². The minimum absolute atomic E-state index is 0.157. The Balaban J connectivity index is 2.68. The van der Waals surface area contributed by atoms with Crippen molar-refractivity contribution in [2.24, 2.45) is 5.92 Å². The van der Waals surface area contributed by atoms with E-state index in [9.17, 15) is 13.2 Å². The Morgan fingerprint density at radius 2 is 1.89 bits per heavy atom. The lowest BCUT2D eigenvalue weighted by atomic mass is 9.95. The molecule has 3 N–H and O–H groups in total. The molecular weight excluding hydrogens is 256 g/mol. The van der Waals surface area contributed by atoms with Crippen LogP contribution in [0.25, 0.3) is 0 Å². The van der Waals surface area contributed by atoms with Crippen molar-refractivity contribution in [3.8, 4) is 0 Å². The summed E-state index contributed by atoms with van der Waals surface area (Å²) in [4.78, 5) is 10.9. The zero-order valence-corrected chi connectivity index (χ0v) is 11.7. The van der Waals surface area contributed by atoms with E-state index in [4.69, 9.17) is 5.11 Å². The van der Waals surface area contributed by atoms with E-state index >= 15 is 0 Å². The highest BCUT2D eigenvalue weighted by atomic mass is 32.2. The van der Waals surface area contributed by atoms with Gasteiger partial charge in [-0.25, -0.2) is 4.72 Å². The zero-order valence-electron chi connectivity index (χ0n) is 10.9. The topological polar surface area (TPSA) is 95.5 Å². The maximum absolute atomic E-state index is 11.9. The van der Waals surface area contributed by atoms with E-state index in [-0.39, 0.29) is 12.3 Å². The predicted octanol–water partition coefficient (Wildman–Crippen LogP) is 0.854. The molecule has 0 aromatic carbocycles. The Hall–Kier alpha value is -0.660. The summed E-state index contributed by atoms with van der Waals surface area (Å²) < 4.78 is 28.7.